The second-order valence-electron chi connectivity index (χ2n) is 5.48. The second kappa shape index (κ2) is 6.35. The fourth-order valence-electron chi connectivity index (χ4n) is 2.75. The van der Waals surface area contributed by atoms with Crippen molar-refractivity contribution in [3.05, 3.63) is 57.6 Å². The summed E-state index contributed by atoms with van der Waals surface area (Å²) in [7, 11) is 0. The van der Waals surface area contributed by atoms with Crippen molar-refractivity contribution in [2.24, 2.45) is 0 Å². The van der Waals surface area contributed by atoms with Gasteiger partial charge in [0, 0.05) is 25.7 Å². The number of aromatic nitrogens is 1. The Labute approximate surface area is 137 Å². The Morgan fingerprint density at radius 1 is 1.21 bits per heavy atom. The Morgan fingerprint density at radius 3 is 2.58 bits per heavy atom. The van der Waals surface area contributed by atoms with E-state index in [2.05, 4.69) is 0 Å². The molecule has 0 saturated carbocycles. The lowest BCUT2D eigenvalue weighted by Crippen LogP contribution is -2.41. The molecule has 1 aromatic heterocycles. The third-order valence-electron chi connectivity index (χ3n) is 3.91. The summed E-state index contributed by atoms with van der Waals surface area (Å²) in [6, 6.07) is 7.03. The van der Waals surface area contributed by atoms with Crippen LogP contribution in [0.2, 0.25) is 0 Å². The van der Waals surface area contributed by atoms with Gasteiger partial charge in [-0.25, -0.2) is 4.39 Å². The molecule has 1 aliphatic rings. The van der Waals surface area contributed by atoms with Crippen molar-refractivity contribution < 1.29 is 19.0 Å². The third-order valence-corrected chi connectivity index (χ3v) is 3.91. The van der Waals surface area contributed by atoms with Crippen LogP contribution in [0.5, 0.6) is 11.6 Å². The number of benzene rings is 1. The maximum atomic E-state index is 13.0. The minimum absolute atomic E-state index is 0.0701. The van der Waals surface area contributed by atoms with Gasteiger partial charge in [0.25, 0.3) is 5.91 Å². The van der Waals surface area contributed by atoms with Crippen LogP contribution in [-0.2, 0) is 13.1 Å². The SMILES string of the molecule is CCOc1cc(=O)c(O)c2n1CCN(Cc1ccc(F)cc1)C2=O. The van der Waals surface area contributed by atoms with E-state index in [9.17, 15) is 19.1 Å². The van der Waals surface area contributed by atoms with Crippen molar-refractivity contribution in [3.8, 4) is 11.6 Å². The average molecular weight is 332 g/mol. The second-order valence-corrected chi connectivity index (χ2v) is 5.48. The maximum absolute atomic E-state index is 13.0. The molecule has 0 bridgehead atoms. The highest BCUT2D eigenvalue weighted by molar-refractivity contribution is 5.96. The van der Waals surface area contributed by atoms with E-state index in [4.69, 9.17) is 4.74 Å². The first-order valence-electron chi connectivity index (χ1n) is 7.64. The number of hydrogen-bond acceptors (Lipinski definition) is 4. The molecule has 0 radical (unpaired) electrons. The van der Waals surface area contributed by atoms with Gasteiger partial charge in [0.05, 0.1) is 6.61 Å². The third kappa shape index (κ3) is 2.84. The molecule has 0 atom stereocenters. The van der Waals surface area contributed by atoms with Crippen LogP contribution in [0.3, 0.4) is 0 Å². The minimum atomic E-state index is -0.651. The van der Waals surface area contributed by atoms with Gasteiger partial charge in [-0.15, -0.1) is 0 Å². The standard InChI is InChI=1S/C17H17FN2O4/c1-2-24-14-9-13(21)16(22)15-17(23)19(7-8-20(14)15)10-11-3-5-12(18)6-4-11/h3-6,9,22H,2,7-8,10H2,1H3. The lowest BCUT2D eigenvalue weighted by Gasteiger charge is -2.31. The number of halogens is 1. The number of ether oxygens (including phenoxy) is 1. The molecule has 0 unspecified atom stereocenters. The molecule has 0 fully saturated rings. The molecule has 0 saturated heterocycles. The number of nitrogens with zero attached hydrogens (tertiary/aromatic N) is 2. The van der Waals surface area contributed by atoms with Gasteiger partial charge in [0.2, 0.25) is 5.43 Å². The monoisotopic (exact) mass is 332 g/mol. The van der Waals surface area contributed by atoms with Crippen molar-refractivity contribution in [2.45, 2.75) is 20.0 Å². The average Bonchev–Trinajstić information content (AvgIpc) is 2.56. The minimum Gasteiger partial charge on any atom is -0.503 e. The van der Waals surface area contributed by atoms with Crippen LogP contribution >= 0.6 is 0 Å². The Kier molecular flexibility index (Phi) is 4.24. The molecule has 1 amide bonds. The quantitative estimate of drug-likeness (QED) is 0.926. The van der Waals surface area contributed by atoms with Gasteiger partial charge in [-0.3, -0.25) is 9.59 Å². The molecule has 0 spiro atoms. The first-order chi connectivity index (χ1) is 11.5. The van der Waals surface area contributed by atoms with Crippen LogP contribution in [0, 0.1) is 5.82 Å². The van der Waals surface area contributed by atoms with Gasteiger partial charge in [-0.2, -0.15) is 0 Å². The molecular formula is C17H17FN2O4. The van der Waals surface area contributed by atoms with Crippen LogP contribution in [0.4, 0.5) is 4.39 Å². The Bertz CT molecular complexity index is 830. The van der Waals surface area contributed by atoms with Gasteiger partial charge in [-0.1, -0.05) is 12.1 Å². The number of hydrogen-bond donors (Lipinski definition) is 1. The predicted molar refractivity (Wildman–Crippen MR) is 84.7 cm³/mol. The Balaban J connectivity index is 1.95. The number of aromatic hydroxyl groups is 1. The van der Waals surface area contributed by atoms with Crippen LogP contribution < -0.4 is 10.2 Å². The molecule has 1 aliphatic heterocycles. The Hall–Kier alpha value is -2.83. The van der Waals surface area contributed by atoms with Gasteiger partial charge < -0.3 is 19.3 Å². The summed E-state index contributed by atoms with van der Waals surface area (Å²) in [5.41, 5.74) is 0.0435. The van der Waals surface area contributed by atoms with E-state index in [0.717, 1.165) is 5.56 Å². The smallest absolute Gasteiger partial charge is 0.274 e. The first-order valence-corrected chi connectivity index (χ1v) is 7.64. The molecule has 7 heteroatoms. The van der Waals surface area contributed by atoms with E-state index >= 15 is 0 Å². The normalized spacial score (nSPS) is 13.8. The molecule has 0 aliphatic carbocycles. The van der Waals surface area contributed by atoms with E-state index in [1.54, 1.807) is 19.1 Å². The van der Waals surface area contributed by atoms with Crippen molar-refractivity contribution in [1.82, 2.24) is 9.47 Å². The van der Waals surface area contributed by atoms with Gasteiger partial charge >= 0.3 is 0 Å². The van der Waals surface area contributed by atoms with Gasteiger partial charge in [-0.05, 0) is 24.6 Å². The molecule has 126 valence electrons. The summed E-state index contributed by atoms with van der Waals surface area (Å²) in [5, 5.41) is 10.0. The molecule has 1 aromatic carbocycles. The van der Waals surface area contributed by atoms with Crippen LogP contribution in [0.15, 0.2) is 35.1 Å². The van der Waals surface area contributed by atoms with E-state index in [1.165, 1.54) is 27.7 Å². The summed E-state index contributed by atoms with van der Waals surface area (Å²) in [5.74, 6) is -1.11. The zero-order valence-electron chi connectivity index (χ0n) is 13.2. The molecule has 3 rings (SSSR count). The molecule has 24 heavy (non-hydrogen) atoms. The number of pyridine rings is 1. The zero-order chi connectivity index (χ0) is 17.3. The van der Waals surface area contributed by atoms with Crippen molar-refractivity contribution in [1.29, 1.82) is 0 Å². The number of rotatable bonds is 4. The highest BCUT2D eigenvalue weighted by Crippen LogP contribution is 2.25. The fraction of sp³-hybridized carbons (Fsp3) is 0.294. The first kappa shape index (κ1) is 16.0. The van der Waals surface area contributed by atoms with E-state index in [1.807, 2.05) is 0 Å². The largest absolute Gasteiger partial charge is 0.503 e. The number of fused-ring (bicyclic) bond motifs is 1. The van der Waals surface area contributed by atoms with Gasteiger partial charge in [0.15, 0.2) is 17.3 Å². The molecule has 1 N–H and O–H groups in total. The number of amides is 1. The van der Waals surface area contributed by atoms with Crippen molar-refractivity contribution >= 4 is 5.91 Å². The molecule has 2 heterocycles. The zero-order valence-corrected chi connectivity index (χ0v) is 13.2. The summed E-state index contributed by atoms with van der Waals surface area (Å²) >= 11 is 0. The highest BCUT2D eigenvalue weighted by atomic mass is 19.1. The van der Waals surface area contributed by atoms with Crippen LogP contribution in [0.25, 0.3) is 0 Å². The lowest BCUT2D eigenvalue weighted by molar-refractivity contribution is 0.0675. The van der Waals surface area contributed by atoms with Gasteiger partial charge in [0.1, 0.15) is 5.82 Å². The topological polar surface area (TPSA) is 71.8 Å². The summed E-state index contributed by atoms with van der Waals surface area (Å²) in [6.07, 6.45) is 0. The van der Waals surface area contributed by atoms with E-state index < -0.39 is 17.1 Å². The molecule has 2 aromatic rings. The lowest BCUT2D eigenvalue weighted by atomic mass is 10.1. The highest BCUT2D eigenvalue weighted by Gasteiger charge is 2.30. The maximum Gasteiger partial charge on any atom is 0.274 e. The summed E-state index contributed by atoms with van der Waals surface area (Å²) in [6.45, 7) is 3.18. The van der Waals surface area contributed by atoms with Crippen molar-refractivity contribution in [2.75, 3.05) is 13.2 Å². The number of carbonyl (C=O) groups excluding carboxylic acids is 1. The number of carbonyl (C=O) groups is 1. The summed E-state index contributed by atoms with van der Waals surface area (Å²) < 4.78 is 19.9. The van der Waals surface area contributed by atoms with Crippen LogP contribution in [-0.4, -0.2) is 33.6 Å². The van der Waals surface area contributed by atoms with Crippen molar-refractivity contribution in [3.63, 3.8) is 0 Å². The molecular weight excluding hydrogens is 315 g/mol. The Morgan fingerprint density at radius 2 is 1.92 bits per heavy atom. The summed E-state index contributed by atoms with van der Waals surface area (Å²) in [4.78, 5) is 26.1. The van der Waals surface area contributed by atoms with Crippen LogP contribution in [0.1, 0.15) is 23.0 Å². The van der Waals surface area contributed by atoms with E-state index in [-0.39, 0.29) is 23.9 Å². The fourth-order valence-corrected chi connectivity index (χ4v) is 2.75. The van der Waals surface area contributed by atoms with E-state index in [0.29, 0.717) is 19.7 Å². The predicted octanol–water partition coefficient (Wildman–Crippen LogP) is 1.75. The molecule has 6 nitrogen and oxygen atoms in total.